The summed E-state index contributed by atoms with van der Waals surface area (Å²) < 4.78 is 48.7. The summed E-state index contributed by atoms with van der Waals surface area (Å²) in [6, 6.07) is 4.21. The van der Waals surface area contributed by atoms with Crippen molar-refractivity contribution in [1.82, 2.24) is 10.0 Å². The van der Waals surface area contributed by atoms with Gasteiger partial charge in [-0.3, -0.25) is 4.79 Å². The average Bonchev–Trinajstić information content (AvgIpc) is 2.57. The van der Waals surface area contributed by atoms with Crippen LogP contribution in [0.15, 0.2) is 29.2 Å². The summed E-state index contributed by atoms with van der Waals surface area (Å²) in [6.45, 7) is 5.63. The third-order valence-electron chi connectivity index (χ3n) is 3.61. The van der Waals surface area contributed by atoms with Crippen LogP contribution < -0.4 is 14.8 Å². The summed E-state index contributed by atoms with van der Waals surface area (Å²) >= 11 is -2.03. The quantitative estimate of drug-likeness (QED) is 0.628. The Morgan fingerprint density at radius 3 is 2.46 bits per heavy atom. The normalized spacial score (nSPS) is 14.8. The number of hydrogen-bond acceptors (Lipinski definition) is 5. The Bertz CT molecular complexity index is 670. The largest absolute Gasteiger partial charge is 0.588 e. The van der Waals surface area contributed by atoms with Gasteiger partial charge in [0.25, 0.3) is 5.91 Å². The molecule has 0 aliphatic carbocycles. The zero-order valence-electron chi connectivity index (χ0n) is 16.5. The van der Waals surface area contributed by atoms with Gasteiger partial charge in [-0.2, -0.15) is 13.5 Å². The summed E-state index contributed by atoms with van der Waals surface area (Å²) in [6.07, 6.45) is -0.204. The molecule has 10 heteroatoms. The molecule has 0 aliphatic heterocycles. The minimum absolute atomic E-state index is 0.0756. The fraction of sp³-hybridized carbons (Fsp3) is 0.556. The average molecular weight is 420 g/mol. The van der Waals surface area contributed by atoms with E-state index in [1.165, 1.54) is 18.2 Å². The first kappa shape index (κ1) is 24.0. The lowest BCUT2D eigenvalue weighted by molar-refractivity contribution is -0.122. The number of hydrogen-bond donors (Lipinski definition) is 2. The van der Waals surface area contributed by atoms with Gasteiger partial charge in [0, 0.05) is 6.07 Å². The zero-order chi connectivity index (χ0) is 21.5. The van der Waals surface area contributed by atoms with Crippen LogP contribution in [0, 0.1) is 5.92 Å². The summed E-state index contributed by atoms with van der Waals surface area (Å²) in [5.74, 6) is -1.13. The van der Waals surface area contributed by atoms with E-state index in [0.29, 0.717) is 6.42 Å². The van der Waals surface area contributed by atoms with Gasteiger partial charge in [-0.15, -0.1) is 0 Å². The number of halogens is 2. The number of amides is 2. The van der Waals surface area contributed by atoms with Crippen LogP contribution in [0.4, 0.5) is 13.6 Å². The third kappa shape index (κ3) is 8.30. The number of rotatable bonds is 8. The van der Waals surface area contributed by atoms with Gasteiger partial charge in [0.2, 0.25) is 0 Å². The second kappa shape index (κ2) is 10.5. The molecule has 1 aromatic carbocycles. The van der Waals surface area contributed by atoms with Crippen molar-refractivity contribution in [1.29, 1.82) is 0 Å². The van der Waals surface area contributed by atoms with Crippen molar-refractivity contribution in [2.24, 2.45) is 5.92 Å². The number of ether oxygens (including phenoxy) is 2. The lowest BCUT2D eigenvalue weighted by Crippen LogP contribution is -2.52. The Morgan fingerprint density at radius 2 is 1.93 bits per heavy atom. The minimum atomic E-state index is -3.02. The molecule has 3 atom stereocenters. The van der Waals surface area contributed by atoms with Crippen LogP contribution in [0.25, 0.3) is 0 Å². The van der Waals surface area contributed by atoms with Crippen LogP contribution in [-0.4, -0.2) is 34.8 Å². The molecule has 0 saturated carbocycles. The van der Waals surface area contributed by atoms with Crippen LogP contribution >= 0.6 is 0 Å². The first-order chi connectivity index (χ1) is 12.9. The van der Waals surface area contributed by atoms with Crippen LogP contribution in [0.2, 0.25) is 0 Å². The van der Waals surface area contributed by atoms with E-state index in [4.69, 9.17) is 4.74 Å². The van der Waals surface area contributed by atoms with Gasteiger partial charge in [0.05, 0.1) is 0 Å². The molecule has 0 saturated heterocycles. The van der Waals surface area contributed by atoms with E-state index in [1.54, 1.807) is 27.7 Å². The molecule has 2 N–H and O–H groups in total. The molecule has 0 aliphatic rings. The van der Waals surface area contributed by atoms with E-state index in [0.717, 1.165) is 6.07 Å². The molecule has 1 aromatic rings. The third-order valence-corrected chi connectivity index (χ3v) is 4.67. The Morgan fingerprint density at radius 1 is 1.29 bits per heavy atom. The van der Waals surface area contributed by atoms with Gasteiger partial charge >= 0.3 is 12.7 Å². The monoisotopic (exact) mass is 420 g/mol. The molecule has 28 heavy (non-hydrogen) atoms. The van der Waals surface area contributed by atoms with Crippen LogP contribution in [0.1, 0.15) is 41.0 Å². The SMILES string of the molecule is CC[C@H](C)[C@H](NC(=O)OC(C)(C)C)C(=O)N[S+]([O-])c1cccc(OC(F)F)c1. The second-order valence-corrected chi connectivity index (χ2v) is 8.31. The molecule has 7 nitrogen and oxygen atoms in total. The fourth-order valence-corrected chi connectivity index (χ4v) is 2.97. The van der Waals surface area contributed by atoms with E-state index in [-0.39, 0.29) is 16.6 Å². The fourth-order valence-electron chi connectivity index (χ4n) is 2.12. The van der Waals surface area contributed by atoms with Gasteiger partial charge < -0.3 is 19.3 Å². The highest BCUT2D eigenvalue weighted by molar-refractivity contribution is 7.90. The van der Waals surface area contributed by atoms with Gasteiger partial charge in [-0.1, -0.05) is 26.3 Å². The molecule has 1 unspecified atom stereocenters. The predicted molar refractivity (Wildman–Crippen MR) is 100 cm³/mol. The molecule has 0 heterocycles. The van der Waals surface area contributed by atoms with E-state index >= 15 is 0 Å². The summed E-state index contributed by atoms with van der Waals surface area (Å²) in [4.78, 5) is 24.7. The summed E-state index contributed by atoms with van der Waals surface area (Å²) in [5.41, 5.74) is -0.742. The molecule has 0 radical (unpaired) electrons. The molecule has 0 spiro atoms. The lowest BCUT2D eigenvalue weighted by Gasteiger charge is -2.26. The summed E-state index contributed by atoms with van der Waals surface area (Å²) in [5, 5.41) is 2.49. The van der Waals surface area contributed by atoms with Crippen molar-refractivity contribution < 1.29 is 32.4 Å². The van der Waals surface area contributed by atoms with E-state index in [1.807, 2.05) is 6.92 Å². The zero-order valence-corrected chi connectivity index (χ0v) is 17.3. The maximum Gasteiger partial charge on any atom is 0.408 e. The molecule has 0 bridgehead atoms. The number of nitrogens with one attached hydrogen (secondary N) is 2. The molecule has 158 valence electrons. The van der Waals surface area contributed by atoms with Crippen molar-refractivity contribution in [3.63, 3.8) is 0 Å². The Hall–Kier alpha value is -2.07. The standard InChI is InChI=1S/C18H26F2N2O5S/c1-6-11(2)14(21-17(24)27-18(3,4)5)15(23)22-28(25)13-9-7-8-12(10-13)26-16(19)20/h7-11,14,16H,6H2,1-5H3,(H,21,24)(H,22,23)/t11-,14-,28?/m0/s1. The van der Waals surface area contributed by atoms with Crippen molar-refractivity contribution in [3.05, 3.63) is 24.3 Å². The first-order valence-electron chi connectivity index (χ1n) is 8.69. The number of alkyl carbamates (subject to hydrolysis) is 1. The highest BCUT2D eigenvalue weighted by atomic mass is 32.2. The Labute approximate surface area is 166 Å². The molecular formula is C18H26F2N2O5S. The molecular weight excluding hydrogens is 394 g/mol. The first-order valence-corrected chi connectivity index (χ1v) is 9.84. The van der Waals surface area contributed by atoms with Crippen molar-refractivity contribution in [3.8, 4) is 5.75 Å². The number of benzene rings is 1. The molecule has 2 amide bonds. The highest BCUT2D eigenvalue weighted by Crippen LogP contribution is 2.20. The van der Waals surface area contributed by atoms with Crippen LogP contribution in [-0.2, 0) is 20.9 Å². The molecule has 0 fully saturated rings. The minimum Gasteiger partial charge on any atom is -0.588 e. The Kier molecular flexibility index (Phi) is 8.96. The van der Waals surface area contributed by atoms with Crippen molar-refractivity contribution in [2.75, 3.05) is 0 Å². The number of carbonyl (C=O) groups excluding carboxylic acids is 2. The smallest absolute Gasteiger partial charge is 0.408 e. The van der Waals surface area contributed by atoms with Gasteiger partial charge in [0.15, 0.2) is 4.90 Å². The maximum atomic E-state index is 12.6. The summed E-state index contributed by atoms with van der Waals surface area (Å²) in [7, 11) is 0. The van der Waals surface area contributed by atoms with Gasteiger partial charge in [0.1, 0.15) is 28.8 Å². The highest BCUT2D eigenvalue weighted by Gasteiger charge is 2.31. The second-order valence-electron chi connectivity index (χ2n) is 7.10. The van der Waals surface area contributed by atoms with Crippen molar-refractivity contribution >= 4 is 23.4 Å². The number of alkyl halides is 2. The van der Waals surface area contributed by atoms with E-state index < -0.39 is 41.6 Å². The number of carbonyl (C=O) groups is 2. The molecule has 0 aromatic heterocycles. The van der Waals surface area contributed by atoms with Crippen molar-refractivity contribution in [2.45, 2.75) is 64.2 Å². The van der Waals surface area contributed by atoms with E-state index in [9.17, 15) is 22.9 Å². The van der Waals surface area contributed by atoms with Gasteiger partial charge in [-0.25, -0.2) is 4.79 Å². The van der Waals surface area contributed by atoms with E-state index in [2.05, 4.69) is 14.8 Å². The van der Waals surface area contributed by atoms with Crippen LogP contribution in [0.5, 0.6) is 5.75 Å². The van der Waals surface area contributed by atoms with Gasteiger partial charge in [-0.05, 0) is 38.8 Å². The predicted octanol–water partition coefficient (Wildman–Crippen LogP) is 3.37. The topological polar surface area (TPSA) is 99.7 Å². The Balaban J connectivity index is 2.85. The van der Waals surface area contributed by atoms with Crippen LogP contribution in [0.3, 0.4) is 0 Å². The lowest BCUT2D eigenvalue weighted by atomic mass is 9.99. The molecule has 1 rings (SSSR count). The maximum absolute atomic E-state index is 12.6.